The van der Waals surface area contributed by atoms with E-state index >= 15 is 0 Å². The van der Waals surface area contributed by atoms with E-state index in [1.54, 1.807) is 72.8 Å². The zero-order valence-corrected chi connectivity index (χ0v) is 21.9. The summed E-state index contributed by atoms with van der Waals surface area (Å²) in [4.78, 5) is 25.2. The van der Waals surface area contributed by atoms with Crippen molar-refractivity contribution in [1.82, 2.24) is 0 Å². The maximum absolute atomic E-state index is 13.9. The average Bonchev–Trinajstić information content (AvgIpc) is 3.00. The summed E-state index contributed by atoms with van der Waals surface area (Å²) in [6, 6.07) is 28.4. The van der Waals surface area contributed by atoms with Crippen molar-refractivity contribution in [2.45, 2.75) is 12.5 Å². The van der Waals surface area contributed by atoms with Crippen LogP contribution in [0.2, 0.25) is 0 Å². The van der Waals surface area contributed by atoms with Gasteiger partial charge in [0.2, 0.25) is 5.88 Å². The van der Waals surface area contributed by atoms with Crippen molar-refractivity contribution in [2.24, 2.45) is 5.73 Å². The molecule has 2 heterocycles. The number of nitriles is 1. The van der Waals surface area contributed by atoms with Crippen LogP contribution in [0.25, 0.3) is 11.0 Å². The predicted octanol–water partition coefficient (Wildman–Crippen LogP) is 5.95. The van der Waals surface area contributed by atoms with E-state index in [0.717, 1.165) is 5.56 Å². The Labute approximate surface area is 238 Å². The molecule has 0 saturated carbocycles. The van der Waals surface area contributed by atoms with Gasteiger partial charge in [0.15, 0.2) is 0 Å². The number of ether oxygens (including phenoxy) is 3. The summed E-state index contributed by atoms with van der Waals surface area (Å²) >= 11 is 0. The Hall–Kier alpha value is -5.88. The Morgan fingerprint density at radius 2 is 1.69 bits per heavy atom. The second-order valence-corrected chi connectivity index (χ2v) is 9.45. The van der Waals surface area contributed by atoms with E-state index in [1.807, 2.05) is 0 Å². The number of carbonyl (C=O) groups excluding carboxylic acids is 1. The van der Waals surface area contributed by atoms with E-state index in [-0.39, 0.29) is 40.9 Å². The van der Waals surface area contributed by atoms with Crippen LogP contribution >= 0.6 is 0 Å². The molecular weight excluding hydrogens is 539 g/mol. The lowest BCUT2D eigenvalue weighted by Crippen LogP contribution is -2.21. The third-order valence-corrected chi connectivity index (χ3v) is 6.83. The van der Waals surface area contributed by atoms with E-state index in [9.17, 15) is 19.2 Å². The molecule has 6 rings (SSSR count). The van der Waals surface area contributed by atoms with Gasteiger partial charge >= 0.3 is 11.6 Å². The summed E-state index contributed by atoms with van der Waals surface area (Å²) in [6.45, 7) is 0.0606. The first-order valence-corrected chi connectivity index (χ1v) is 12.8. The Morgan fingerprint density at radius 3 is 2.48 bits per heavy atom. The van der Waals surface area contributed by atoms with Crippen molar-refractivity contribution in [3.63, 3.8) is 0 Å². The molecule has 1 aromatic heterocycles. The van der Waals surface area contributed by atoms with Gasteiger partial charge in [-0.3, -0.25) is 0 Å². The van der Waals surface area contributed by atoms with Crippen LogP contribution in [0.4, 0.5) is 4.39 Å². The number of rotatable bonds is 6. The van der Waals surface area contributed by atoms with Gasteiger partial charge < -0.3 is 24.4 Å². The fourth-order valence-electron chi connectivity index (χ4n) is 4.74. The fourth-order valence-corrected chi connectivity index (χ4v) is 4.74. The monoisotopic (exact) mass is 560 g/mol. The largest absolute Gasteiger partial charge is 0.489 e. The molecule has 42 heavy (non-hydrogen) atoms. The van der Waals surface area contributed by atoms with E-state index in [1.165, 1.54) is 24.3 Å². The van der Waals surface area contributed by atoms with Crippen molar-refractivity contribution < 1.29 is 27.8 Å². The summed E-state index contributed by atoms with van der Waals surface area (Å²) in [5.41, 5.74) is 7.38. The summed E-state index contributed by atoms with van der Waals surface area (Å²) in [5.74, 6) is -0.996. The number of hydrogen-bond donors (Lipinski definition) is 1. The number of nitrogens with two attached hydrogens (primary N) is 1. The molecule has 0 spiro atoms. The molecule has 1 aliphatic rings. The first-order valence-electron chi connectivity index (χ1n) is 12.8. The number of fused-ring (bicyclic) bond motifs is 2. The molecule has 8 nitrogen and oxygen atoms in total. The van der Waals surface area contributed by atoms with E-state index < -0.39 is 17.5 Å². The quantitative estimate of drug-likeness (QED) is 0.154. The number of benzene rings is 4. The average molecular weight is 561 g/mol. The van der Waals surface area contributed by atoms with E-state index in [0.29, 0.717) is 27.8 Å². The van der Waals surface area contributed by atoms with Gasteiger partial charge in [-0.1, -0.05) is 54.6 Å². The topological polar surface area (TPSA) is 125 Å². The van der Waals surface area contributed by atoms with Gasteiger partial charge in [-0.05, 0) is 42.0 Å². The molecule has 1 aliphatic heterocycles. The van der Waals surface area contributed by atoms with Crippen molar-refractivity contribution in [3.8, 4) is 23.3 Å². The molecule has 5 aromatic rings. The highest BCUT2D eigenvalue weighted by atomic mass is 19.1. The van der Waals surface area contributed by atoms with Crippen LogP contribution in [0, 0.1) is 17.1 Å². The lowest BCUT2D eigenvalue weighted by atomic mass is 9.83. The van der Waals surface area contributed by atoms with Gasteiger partial charge in [-0.2, -0.15) is 5.26 Å². The number of para-hydroxylation sites is 1. The molecule has 0 bridgehead atoms. The highest BCUT2D eigenvalue weighted by Gasteiger charge is 2.31. The van der Waals surface area contributed by atoms with Crippen molar-refractivity contribution in [2.75, 3.05) is 0 Å². The molecule has 2 N–H and O–H groups in total. The molecular formula is C33H21FN2O6. The number of nitrogens with zero attached hydrogens (tertiary/aromatic N) is 1. The summed E-state index contributed by atoms with van der Waals surface area (Å²) in [5, 5.41) is 10.4. The van der Waals surface area contributed by atoms with Crippen molar-refractivity contribution in [3.05, 3.63) is 147 Å². The predicted molar refractivity (Wildman–Crippen MR) is 150 cm³/mol. The normalized spacial score (nSPS) is 14.0. The Morgan fingerprint density at radius 1 is 0.952 bits per heavy atom. The smallest absolute Gasteiger partial charge is 0.351 e. The van der Waals surface area contributed by atoms with Gasteiger partial charge in [-0.25, -0.2) is 14.0 Å². The zero-order valence-electron chi connectivity index (χ0n) is 21.9. The number of halogens is 1. The van der Waals surface area contributed by atoms with Gasteiger partial charge in [-0.15, -0.1) is 0 Å². The molecule has 0 amide bonds. The minimum absolute atomic E-state index is 0.0606. The third kappa shape index (κ3) is 5.05. The first-order chi connectivity index (χ1) is 20.4. The van der Waals surface area contributed by atoms with Crippen LogP contribution in [-0.4, -0.2) is 5.97 Å². The number of allylic oxidation sites excluding steroid dienone is 1. The lowest BCUT2D eigenvalue weighted by molar-refractivity contribution is 0.0730. The van der Waals surface area contributed by atoms with Crippen LogP contribution in [-0.2, 0) is 6.61 Å². The second-order valence-electron chi connectivity index (χ2n) is 9.45. The SMILES string of the molecule is N#CC1=C(N)Oc2cc(OC(=O)c3cc4ccccc4oc3=O)ccc2C1c1ccc(OCc2ccccc2F)cc1. The maximum Gasteiger partial charge on any atom is 0.351 e. The Kier molecular flexibility index (Phi) is 6.87. The highest BCUT2D eigenvalue weighted by Crippen LogP contribution is 2.43. The first kappa shape index (κ1) is 26.3. The number of carbonyl (C=O) groups is 1. The van der Waals surface area contributed by atoms with E-state index in [2.05, 4.69) is 6.07 Å². The molecule has 0 aliphatic carbocycles. The fraction of sp³-hybridized carbons (Fsp3) is 0.0606. The molecule has 1 atom stereocenters. The molecule has 0 fully saturated rings. The minimum atomic E-state index is -0.894. The second kappa shape index (κ2) is 10.9. The Balaban J connectivity index is 1.25. The van der Waals surface area contributed by atoms with Gasteiger partial charge in [0.05, 0.1) is 5.92 Å². The number of hydrogen-bond acceptors (Lipinski definition) is 8. The van der Waals surface area contributed by atoms with Crippen LogP contribution in [0.1, 0.15) is 33.0 Å². The molecule has 4 aromatic carbocycles. The summed E-state index contributed by atoms with van der Waals surface area (Å²) in [6.07, 6.45) is 0. The Bertz CT molecular complexity index is 1970. The lowest BCUT2D eigenvalue weighted by Gasteiger charge is -2.26. The van der Waals surface area contributed by atoms with Crippen LogP contribution in [0.5, 0.6) is 17.2 Å². The molecule has 0 radical (unpaired) electrons. The van der Waals surface area contributed by atoms with Gasteiger partial charge in [0, 0.05) is 22.6 Å². The zero-order chi connectivity index (χ0) is 29.2. The highest BCUT2D eigenvalue weighted by molar-refractivity contribution is 5.94. The van der Waals surface area contributed by atoms with Crippen molar-refractivity contribution >= 4 is 16.9 Å². The third-order valence-electron chi connectivity index (χ3n) is 6.83. The van der Waals surface area contributed by atoms with Crippen LogP contribution < -0.4 is 25.6 Å². The standard InChI is InChI=1S/C33H21FN2O6/c34-27-7-3-1-6-21(27)18-39-22-11-9-19(10-12-22)30-24-14-13-23(16-29(24)41-31(36)26(30)17-35)40-32(37)25-15-20-5-2-4-8-28(20)42-33(25)38/h1-16,30H,18,36H2. The van der Waals surface area contributed by atoms with E-state index in [4.69, 9.17) is 24.4 Å². The molecule has 1 unspecified atom stereocenters. The van der Waals surface area contributed by atoms with Crippen LogP contribution in [0.3, 0.4) is 0 Å². The molecule has 206 valence electrons. The molecule has 0 saturated heterocycles. The maximum atomic E-state index is 13.9. The van der Waals surface area contributed by atoms with Crippen LogP contribution in [0.15, 0.2) is 118 Å². The number of esters is 1. The minimum Gasteiger partial charge on any atom is -0.489 e. The summed E-state index contributed by atoms with van der Waals surface area (Å²) < 4.78 is 36.1. The summed E-state index contributed by atoms with van der Waals surface area (Å²) in [7, 11) is 0. The molecule has 9 heteroatoms. The van der Waals surface area contributed by atoms with Gasteiger partial charge in [0.1, 0.15) is 52.5 Å². The van der Waals surface area contributed by atoms with Gasteiger partial charge in [0.25, 0.3) is 0 Å². The van der Waals surface area contributed by atoms with Crippen molar-refractivity contribution in [1.29, 1.82) is 5.26 Å².